The molecule has 1 aliphatic carbocycles. The van der Waals surface area contributed by atoms with Crippen molar-refractivity contribution in [2.75, 3.05) is 18.5 Å². The van der Waals surface area contributed by atoms with Crippen molar-refractivity contribution >= 4 is 17.3 Å². The maximum absolute atomic E-state index is 5.99. The molecule has 16 heavy (non-hydrogen) atoms. The molecule has 1 spiro atoms. The zero-order valence-electron chi connectivity index (χ0n) is 9.26. The van der Waals surface area contributed by atoms with Crippen molar-refractivity contribution < 1.29 is 4.74 Å². The summed E-state index contributed by atoms with van der Waals surface area (Å²) in [7, 11) is 0. The zero-order valence-corrected chi connectivity index (χ0v) is 10.0. The molecule has 0 aromatic heterocycles. The van der Waals surface area contributed by atoms with Gasteiger partial charge in [-0.2, -0.15) is 0 Å². The van der Waals surface area contributed by atoms with Gasteiger partial charge in [0.15, 0.2) is 0 Å². The predicted octanol–water partition coefficient (Wildman–Crippen LogP) is 3.70. The first kappa shape index (κ1) is 10.3. The third-order valence-corrected chi connectivity index (χ3v) is 4.03. The van der Waals surface area contributed by atoms with E-state index in [-0.39, 0.29) is 0 Å². The Hall–Kier alpha value is -0.890. The Kier molecular flexibility index (Phi) is 2.47. The summed E-state index contributed by atoms with van der Waals surface area (Å²) < 4.78 is 5.92. The second-order valence-electron chi connectivity index (χ2n) is 4.99. The highest BCUT2D eigenvalue weighted by atomic mass is 35.5. The van der Waals surface area contributed by atoms with Crippen LogP contribution in [0, 0.1) is 5.41 Å². The molecule has 0 amide bonds. The van der Waals surface area contributed by atoms with Gasteiger partial charge in [-0.1, -0.05) is 24.4 Å². The number of rotatable bonds is 0. The van der Waals surface area contributed by atoms with Gasteiger partial charge in [0, 0.05) is 17.0 Å². The van der Waals surface area contributed by atoms with Gasteiger partial charge in [0.05, 0.1) is 12.3 Å². The third kappa shape index (κ3) is 1.75. The number of hydrogen-bond donors (Lipinski definition) is 1. The highest BCUT2D eigenvalue weighted by Crippen LogP contribution is 2.42. The van der Waals surface area contributed by atoms with E-state index in [1.54, 1.807) is 0 Å². The summed E-state index contributed by atoms with van der Waals surface area (Å²) in [5.74, 6) is 0.938. The lowest BCUT2D eigenvalue weighted by atomic mass is 9.87. The van der Waals surface area contributed by atoms with E-state index in [1.807, 2.05) is 18.2 Å². The van der Waals surface area contributed by atoms with Crippen LogP contribution in [0.5, 0.6) is 5.75 Å². The van der Waals surface area contributed by atoms with Crippen LogP contribution < -0.4 is 10.1 Å². The summed E-state index contributed by atoms with van der Waals surface area (Å²) >= 11 is 5.99. The Morgan fingerprint density at radius 1 is 1.25 bits per heavy atom. The summed E-state index contributed by atoms with van der Waals surface area (Å²) in [6.07, 6.45) is 5.23. The van der Waals surface area contributed by atoms with E-state index in [0.29, 0.717) is 5.41 Å². The molecule has 1 saturated carbocycles. The number of anilines is 1. The fourth-order valence-electron chi connectivity index (χ4n) is 2.78. The highest BCUT2D eigenvalue weighted by molar-refractivity contribution is 6.30. The highest BCUT2D eigenvalue weighted by Gasteiger charge is 2.36. The van der Waals surface area contributed by atoms with Crippen LogP contribution >= 0.6 is 11.6 Å². The average molecular weight is 238 g/mol. The SMILES string of the molecule is Clc1ccc2c(c1)NCC1(CCCC1)CO2. The molecule has 0 radical (unpaired) electrons. The van der Waals surface area contributed by atoms with Crippen molar-refractivity contribution in [2.45, 2.75) is 25.7 Å². The van der Waals surface area contributed by atoms with Crippen molar-refractivity contribution in [3.8, 4) is 5.75 Å². The van der Waals surface area contributed by atoms with Crippen LogP contribution in [0.15, 0.2) is 18.2 Å². The van der Waals surface area contributed by atoms with Crippen LogP contribution in [0.2, 0.25) is 5.02 Å². The van der Waals surface area contributed by atoms with Gasteiger partial charge >= 0.3 is 0 Å². The maximum Gasteiger partial charge on any atom is 0.142 e. The largest absolute Gasteiger partial charge is 0.491 e. The fourth-order valence-corrected chi connectivity index (χ4v) is 2.95. The molecule has 3 heteroatoms. The Labute approximate surface area is 101 Å². The first-order chi connectivity index (χ1) is 7.77. The van der Waals surface area contributed by atoms with Crippen LogP contribution in [0.1, 0.15) is 25.7 Å². The molecule has 1 heterocycles. The summed E-state index contributed by atoms with van der Waals surface area (Å²) in [4.78, 5) is 0. The molecule has 1 aromatic rings. The molecular weight excluding hydrogens is 222 g/mol. The molecule has 1 N–H and O–H groups in total. The number of ether oxygens (including phenoxy) is 1. The van der Waals surface area contributed by atoms with Crippen molar-refractivity contribution in [1.29, 1.82) is 0 Å². The summed E-state index contributed by atoms with van der Waals surface area (Å²) in [5.41, 5.74) is 1.39. The van der Waals surface area contributed by atoms with Crippen LogP contribution in [0.25, 0.3) is 0 Å². The van der Waals surface area contributed by atoms with Gasteiger partial charge in [-0.25, -0.2) is 0 Å². The number of fused-ring (bicyclic) bond motifs is 1. The fraction of sp³-hybridized carbons (Fsp3) is 0.538. The van der Waals surface area contributed by atoms with Crippen molar-refractivity contribution in [3.05, 3.63) is 23.2 Å². The summed E-state index contributed by atoms with van der Waals surface area (Å²) in [6, 6.07) is 5.79. The lowest BCUT2D eigenvalue weighted by Gasteiger charge is -2.25. The molecule has 2 aliphatic rings. The van der Waals surface area contributed by atoms with Gasteiger partial charge in [-0.3, -0.25) is 0 Å². The normalized spacial score (nSPS) is 22.1. The van der Waals surface area contributed by atoms with E-state index >= 15 is 0 Å². The van der Waals surface area contributed by atoms with Crippen molar-refractivity contribution in [3.63, 3.8) is 0 Å². The molecule has 0 bridgehead atoms. The monoisotopic (exact) mass is 237 g/mol. The molecule has 2 nitrogen and oxygen atoms in total. The second kappa shape index (κ2) is 3.85. The minimum Gasteiger partial charge on any atom is -0.491 e. The van der Waals surface area contributed by atoms with Gasteiger partial charge in [0.25, 0.3) is 0 Å². The minimum atomic E-state index is 0.353. The van der Waals surface area contributed by atoms with Gasteiger partial charge in [0.1, 0.15) is 5.75 Å². The van der Waals surface area contributed by atoms with Crippen molar-refractivity contribution in [2.24, 2.45) is 5.41 Å². The van der Waals surface area contributed by atoms with Crippen molar-refractivity contribution in [1.82, 2.24) is 0 Å². The Bertz CT molecular complexity index is 399. The Morgan fingerprint density at radius 3 is 2.88 bits per heavy atom. The maximum atomic E-state index is 5.99. The van der Waals surface area contributed by atoms with Crippen LogP contribution in [-0.4, -0.2) is 13.2 Å². The van der Waals surface area contributed by atoms with E-state index in [0.717, 1.165) is 29.6 Å². The van der Waals surface area contributed by atoms with E-state index in [9.17, 15) is 0 Å². The number of halogens is 1. The lowest BCUT2D eigenvalue weighted by molar-refractivity contribution is 0.169. The van der Waals surface area contributed by atoms with Gasteiger partial charge in [0.2, 0.25) is 0 Å². The lowest BCUT2D eigenvalue weighted by Crippen LogP contribution is -2.30. The molecular formula is C13H16ClNO. The molecule has 1 aromatic carbocycles. The summed E-state index contributed by atoms with van der Waals surface area (Å²) in [5, 5.41) is 4.25. The van der Waals surface area contributed by atoms with E-state index in [2.05, 4.69) is 5.32 Å². The minimum absolute atomic E-state index is 0.353. The molecule has 0 unspecified atom stereocenters. The van der Waals surface area contributed by atoms with E-state index in [1.165, 1.54) is 25.7 Å². The number of benzene rings is 1. The molecule has 0 atom stereocenters. The predicted molar refractivity (Wildman–Crippen MR) is 66.3 cm³/mol. The quantitative estimate of drug-likeness (QED) is 0.743. The van der Waals surface area contributed by atoms with Crippen LogP contribution in [0.3, 0.4) is 0 Å². The number of nitrogens with one attached hydrogen (secondary N) is 1. The molecule has 0 saturated heterocycles. The standard InChI is InChI=1S/C13H16ClNO/c14-10-3-4-12-11(7-10)15-8-13(9-16-12)5-1-2-6-13/h3-4,7,15H,1-2,5-6,8-9H2. The average Bonchev–Trinajstić information content (AvgIpc) is 2.66. The molecule has 1 aliphatic heterocycles. The zero-order chi connectivity index (χ0) is 11.0. The van der Waals surface area contributed by atoms with Gasteiger partial charge in [-0.05, 0) is 31.0 Å². The first-order valence-corrected chi connectivity index (χ1v) is 6.32. The number of hydrogen-bond acceptors (Lipinski definition) is 2. The third-order valence-electron chi connectivity index (χ3n) is 3.79. The van der Waals surface area contributed by atoms with E-state index < -0.39 is 0 Å². The first-order valence-electron chi connectivity index (χ1n) is 5.94. The van der Waals surface area contributed by atoms with Gasteiger partial charge < -0.3 is 10.1 Å². The molecule has 3 rings (SSSR count). The second-order valence-corrected chi connectivity index (χ2v) is 5.43. The van der Waals surface area contributed by atoms with Gasteiger partial charge in [-0.15, -0.1) is 0 Å². The van der Waals surface area contributed by atoms with Crippen LogP contribution in [0.4, 0.5) is 5.69 Å². The smallest absolute Gasteiger partial charge is 0.142 e. The topological polar surface area (TPSA) is 21.3 Å². The Morgan fingerprint density at radius 2 is 2.06 bits per heavy atom. The van der Waals surface area contributed by atoms with Crippen LogP contribution in [-0.2, 0) is 0 Å². The summed E-state index contributed by atoms with van der Waals surface area (Å²) in [6.45, 7) is 1.86. The molecule has 1 fully saturated rings. The van der Waals surface area contributed by atoms with E-state index in [4.69, 9.17) is 16.3 Å². The Balaban J connectivity index is 1.86. The molecule has 86 valence electrons.